The summed E-state index contributed by atoms with van der Waals surface area (Å²) < 4.78 is 0. The summed E-state index contributed by atoms with van der Waals surface area (Å²) in [6.07, 6.45) is 1.80. The van der Waals surface area contributed by atoms with E-state index in [0.29, 0.717) is 5.25 Å². The van der Waals surface area contributed by atoms with Crippen LogP contribution in [0.15, 0.2) is 29.2 Å². The lowest BCUT2D eigenvalue weighted by Gasteiger charge is -2.12. The Morgan fingerprint density at radius 1 is 1.31 bits per heavy atom. The van der Waals surface area contributed by atoms with Crippen molar-refractivity contribution in [1.29, 1.82) is 0 Å². The fourth-order valence-electron chi connectivity index (χ4n) is 1.50. The van der Waals surface area contributed by atoms with Crippen LogP contribution in [0.1, 0.15) is 38.3 Å². The first-order chi connectivity index (χ1) is 7.67. The van der Waals surface area contributed by atoms with Gasteiger partial charge in [-0.15, -0.1) is 11.8 Å². The summed E-state index contributed by atoms with van der Waals surface area (Å²) in [6.45, 7) is 4.48. The molecule has 0 aliphatic carbocycles. The van der Waals surface area contributed by atoms with Gasteiger partial charge in [-0.05, 0) is 30.5 Å². The molecule has 16 heavy (non-hydrogen) atoms. The SMILES string of the molecule is CCC(N)c1ccc(SC(C)CCO)cc1. The fraction of sp³-hybridized carbons (Fsp3) is 0.538. The van der Waals surface area contributed by atoms with Crippen LogP contribution in [0, 0.1) is 0 Å². The molecule has 90 valence electrons. The maximum absolute atomic E-state index is 8.83. The molecule has 0 saturated heterocycles. The van der Waals surface area contributed by atoms with Crippen molar-refractivity contribution in [3.63, 3.8) is 0 Å². The molecule has 3 heteroatoms. The van der Waals surface area contributed by atoms with Crippen molar-refractivity contribution in [3.8, 4) is 0 Å². The van der Waals surface area contributed by atoms with Gasteiger partial charge in [0.15, 0.2) is 0 Å². The summed E-state index contributed by atoms with van der Waals surface area (Å²) >= 11 is 1.80. The van der Waals surface area contributed by atoms with Gasteiger partial charge in [0.2, 0.25) is 0 Å². The van der Waals surface area contributed by atoms with Crippen LogP contribution >= 0.6 is 11.8 Å². The van der Waals surface area contributed by atoms with Crippen molar-refractivity contribution in [2.45, 2.75) is 42.9 Å². The minimum atomic E-state index is 0.147. The predicted octanol–water partition coefficient (Wildman–Crippen LogP) is 2.96. The number of rotatable bonds is 6. The molecule has 0 radical (unpaired) electrons. The fourth-order valence-corrected chi connectivity index (χ4v) is 2.48. The van der Waals surface area contributed by atoms with Gasteiger partial charge in [0, 0.05) is 22.8 Å². The molecule has 0 aliphatic heterocycles. The van der Waals surface area contributed by atoms with E-state index >= 15 is 0 Å². The van der Waals surface area contributed by atoms with Gasteiger partial charge in [-0.2, -0.15) is 0 Å². The summed E-state index contributed by atoms with van der Waals surface area (Å²) in [5.41, 5.74) is 7.15. The maximum atomic E-state index is 8.83. The summed E-state index contributed by atoms with van der Waals surface area (Å²) in [6, 6.07) is 8.57. The van der Waals surface area contributed by atoms with Crippen molar-refractivity contribution in [1.82, 2.24) is 0 Å². The molecular weight excluding hydrogens is 218 g/mol. The minimum absolute atomic E-state index is 0.147. The van der Waals surface area contributed by atoms with Gasteiger partial charge in [-0.1, -0.05) is 26.0 Å². The van der Waals surface area contributed by atoms with Crippen LogP contribution in [-0.2, 0) is 0 Å². The molecule has 0 amide bonds. The molecule has 0 fully saturated rings. The molecule has 0 saturated carbocycles. The van der Waals surface area contributed by atoms with E-state index in [9.17, 15) is 0 Å². The Morgan fingerprint density at radius 2 is 1.94 bits per heavy atom. The highest BCUT2D eigenvalue weighted by atomic mass is 32.2. The third-order valence-electron chi connectivity index (χ3n) is 2.62. The van der Waals surface area contributed by atoms with Gasteiger partial charge in [-0.25, -0.2) is 0 Å². The third kappa shape index (κ3) is 4.16. The van der Waals surface area contributed by atoms with Crippen LogP contribution < -0.4 is 5.73 Å². The van der Waals surface area contributed by atoms with E-state index in [-0.39, 0.29) is 12.6 Å². The lowest BCUT2D eigenvalue weighted by molar-refractivity contribution is 0.289. The Bertz CT molecular complexity index is 299. The third-order valence-corrected chi connectivity index (χ3v) is 3.80. The second-order valence-electron chi connectivity index (χ2n) is 4.02. The quantitative estimate of drug-likeness (QED) is 0.750. The molecule has 2 unspecified atom stereocenters. The van der Waals surface area contributed by atoms with E-state index in [2.05, 4.69) is 38.1 Å². The Balaban J connectivity index is 2.57. The van der Waals surface area contributed by atoms with Gasteiger partial charge < -0.3 is 10.8 Å². The highest BCUT2D eigenvalue weighted by Gasteiger charge is 2.05. The average Bonchev–Trinajstić information content (AvgIpc) is 2.29. The number of benzene rings is 1. The van der Waals surface area contributed by atoms with Crippen LogP contribution in [0.2, 0.25) is 0 Å². The molecule has 2 nitrogen and oxygen atoms in total. The smallest absolute Gasteiger partial charge is 0.0441 e. The molecule has 2 atom stereocenters. The monoisotopic (exact) mass is 239 g/mol. The minimum Gasteiger partial charge on any atom is -0.396 e. The lowest BCUT2D eigenvalue weighted by Crippen LogP contribution is -2.08. The molecule has 1 rings (SSSR count). The Labute approximate surface area is 102 Å². The molecule has 0 spiro atoms. The van der Waals surface area contributed by atoms with Crippen LogP contribution in [0.3, 0.4) is 0 Å². The topological polar surface area (TPSA) is 46.2 Å². The Hall–Kier alpha value is -0.510. The average molecular weight is 239 g/mol. The van der Waals surface area contributed by atoms with Gasteiger partial charge in [0.05, 0.1) is 0 Å². The second kappa shape index (κ2) is 6.94. The molecule has 0 bridgehead atoms. The molecule has 1 aromatic carbocycles. The van der Waals surface area contributed by atoms with E-state index in [1.54, 1.807) is 11.8 Å². The van der Waals surface area contributed by atoms with Gasteiger partial charge in [-0.3, -0.25) is 0 Å². The first-order valence-electron chi connectivity index (χ1n) is 5.80. The first-order valence-corrected chi connectivity index (χ1v) is 6.68. The Morgan fingerprint density at radius 3 is 2.44 bits per heavy atom. The number of nitrogens with two attached hydrogens (primary N) is 1. The highest BCUT2D eigenvalue weighted by Crippen LogP contribution is 2.26. The molecule has 3 N–H and O–H groups in total. The highest BCUT2D eigenvalue weighted by molar-refractivity contribution is 7.99. The zero-order valence-corrected chi connectivity index (χ0v) is 10.8. The van der Waals surface area contributed by atoms with E-state index < -0.39 is 0 Å². The standard InChI is InChI=1S/C13H21NOS/c1-3-13(14)11-4-6-12(7-5-11)16-10(2)8-9-15/h4-7,10,13,15H,3,8-9,14H2,1-2H3. The van der Waals surface area contributed by atoms with Crippen molar-refractivity contribution in [2.75, 3.05) is 6.61 Å². The normalized spacial score (nSPS) is 14.8. The number of aliphatic hydroxyl groups excluding tert-OH is 1. The van der Waals surface area contributed by atoms with E-state index in [1.807, 2.05) is 0 Å². The summed E-state index contributed by atoms with van der Waals surface area (Å²) in [7, 11) is 0. The van der Waals surface area contributed by atoms with E-state index in [1.165, 1.54) is 10.5 Å². The Kier molecular flexibility index (Phi) is 5.88. The summed E-state index contributed by atoms with van der Waals surface area (Å²) in [5, 5.41) is 9.29. The molecule has 1 aromatic rings. The lowest BCUT2D eigenvalue weighted by atomic mass is 10.1. The molecule has 0 aliphatic rings. The van der Waals surface area contributed by atoms with Crippen LogP contribution in [0.25, 0.3) is 0 Å². The van der Waals surface area contributed by atoms with Gasteiger partial charge >= 0.3 is 0 Å². The van der Waals surface area contributed by atoms with Crippen molar-refractivity contribution in [3.05, 3.63) is 29.8 Å². The predicted molar refractivity (Wildman–Crippen MR) is 70.7 cm³/mol. The zero-order valence-electron chi connectivity index (χ0n) is 10.0. The second-order valence-corrected chi connectivity index (χ2v) is 5.54. The van der Waals surface area contributed by atoms with Crippen molar-refractivity contribution < 1.29 is 5.11 Å². The van der Waals surface area contributed by atoms with Crippen molar-refractivity contribution >= 4 is 11.8 Å². The molecular formula is C13H21NOS. The number of thioether (sulfide) groups is 1. The van der Waals surface area contributed by atoms with Crippen LogP contribution in [0.4, 0.5) is 0 Å². The summed E-state index contributed by atoms with van der Waals surface area (Å²) in [4.78, 5) is 1.24. The van der Waals surface area contributed by atoms with Crippen molar-refractivity contribution in [2.24, 2.45) is 5.73 Å². The van der Waals surface area contributed by atoms with E-state index in [0.717, 1.165) is 12.8 Å². The number of hydrogen-bond acceptors (Lipinski definition) is 3. The van der Waals surface area contributed by atoms with Gasteiger partial charge in [0.1, 0.15) is 0 Å². The van der Waals surface area contributed by atoms with Crippen LogP contribution in [-0.4, -0.2) is 17.0 Å². The summed E-state index contributed by atoms with van der Waals surface area (Å²) in [5.74, 6) is 0. The largest absolute Gasteiger partial charge is 0.396 e. The zero-order chi connectivity index (χ0) is 12.0. The molecule has 0 aromatic heterocycles. The first kappa shape index (κ1) is 13.6. The molecule has 0 heterocycles. The number of hydrogen-bond donors (Lipinski definition) is 2. The maximum Gasteiger partial charge on any atom is 0.0441 e. The number of aliphatic hydroxyl groups is 1. The van der Waals surface area contributed by atoms with Gasteiger partial charge in [0.25, 0.3) is 0 Å². The van der Waals surface area contributed by atoms with E-state index in [4.69, 9.17) is 10.8 Å². The van der Waals surface area contributed by atoms with Crippen LogP contribution in [0.5, 0.6) is 0 Å².